The highest BCUT2D eigenvalue weighted by Crippen LogP contribution is 2.25. The molecule has 2 N–H and O–H groups in total. The Balaban J connectivity index is 1.66. The molecule has 0 spiro atoms. The van der Waals surface area contributed by atoms with Crippen LogP contribution < -0.4 is 5.32 Å². The van der Waals surface area contributed by atoms with E-state index in [0.29, 0.717) is 12.2 Å². The lowest BCUT2D eigenvalue weighted by Gasteiger charge is -2.10. The quantitative estimate of drug-likeness (QED) is 0.448. The summed E-state index contributed by atoms with van der Waals surface area (Å²) in [6, 6.07) is 15.7. The van der Waals surface area contributed by atoms with Gasteiger partial charge in [-0.25, -0.2) is 9.97 Å². The van der Waals surface area contributed by atoms with Gasteiger partial charge in [0.05, 0.1) is 5.69 Å². The topological polar surface area (TPSA) is 79.5 Å². The van der Waals surface area contributed by atoms with Crippen molar-refractivity contribution < 1.29 is 9.90 Å². The van der Waals surface area contributed by atoms with Crippen molar-refractivity contribution in [3.63, 3.8) is 0 Å². The van der Waals surface area contributed by atoms with E-state index in [2.05, 4.69) is 26.2 Å². The Hall–Kier alpha value is -3.19. The van der Waals surface area contributed by atoms with E-state index in [0.717, 1.165) is 32.6 Å². The molecule has 0 amide bonds. The lowest BCUT2D eigenvalue weighted by molar-refractivity contribution is -0.136. The molecule has 0 fully saturated rings. The van der Waals surface area contributed by atoms with Crippen LogP contribution in [0.1, 0.15) is 12.0 Å². The number of benzene rings is 2. The molecule has 4 aromatic rings. The Bertz CT molecular complexity index is 1120. The van der Waals surface area contributed by atoms with Gasteiger partial charge >= 0.3 is 5.97 Å². The van der Waals surface area contributed by atoms with Crippen LogP contribution in [0.2, 0.25) is 0 Å². The number of nitrogens with one attached hydrogen (secondary N) is 1. The number of anilines is 2. The van der Waals surface area contributed by atoms with E-state index in [9.17, 15) is 4.79 Å². The van der Waals surface area contributed by atoms with Crippen LogP contribution in [0, 0.1) is 0 Å². The van der Waals surface area contributed by atoms with Crippen LogP contribution in [0.15, 0.2) is 71.6 Å². The Morgan fingerprint density at radius 3 is 2.57 bits per heavy atom. The second-order valence-electron chi connectivity index (χ2n) is 6.36. The van der Waals surface area contributed by atoms with Crippen molar-refractivity contribution in [3.05, 3.63) is 77.2 Å². The van der Waals surface area contributed by atoms with Crippen molar-refractivity contribution in [2.75, 3.05) is 5.32 Å². The van der Waals surface area contributed by atoms with Gasteiger partial charge in [0.25, 0.3) is 0 Å². The average molecular weight is 437 g/mol. The molecule has 2 aromatic carbocycles. The first-order valence-electron chi connectivity index (χ1n) is 8.76. The van der Waals surface area contributed by atoms with Gasteiger partial charge in [-0.1, -0.05) is 40.2 Å². The number of imidazole rings is 1. The molecule has 2 heterocycles. The summed E-state index contributed by atoms with van der Waals surface area (Å²) >= 11 is 3.44. The molecule has 0 aliphatic carbocycles. The number of nitrogens with zero attached hydrogens (tertiary/aromatic N) is 3. The molecule has 0 aliphatic heterocycles. The number of hydrogen-bond acceptors (Lipinski definition) is 4. The summed E-state index contributed by atoms with van der Waals surface area (Å²) in [4.78, 5) is 19.9. The van der Waals surface area contributed by atoms with Gasteiger partial charge in [0.15, 0.2) is 11.5 Å². The smallest absolute Gasteiger partial charge is 0.303 e. The number of aliphatic carboxylic acids is 1. The van der Waals surface area contributed by atoms with Crippen LogP contribution >= 0.6 is 15.9 Å². The Labute approximate surface area is 170 Å². The second-order valence-corrected chi connectivity index (χ2v) is 7.27. The molecule has 28 heavy (non-hydrogen) atoms. The van der Waals surface area contributed by atoms with Crippen molar-refractivity contribution in [1.29, 1.82) is 0 Å². The van der Waals surface area contributed by atoms with Gasteiger partial charge in [-0.3, -0.25) is 4.79 Å². The largest absolute Gasteiger partial charge is 0.481 e. The van der Waals surface area contributed by atoms with Gasteiger partial charge in [0.1, 0.15) is 0 Å². The third-order valence-electron chi connectivity index (χ3n) is 4.36. The molecule has 0 bridgehead atoms. The third-order valence-corrected chi connectivity index (χ3v) is 4.89. The second kappa shape index (κ2) is 7.82. The van der Waals surface area contributed by atoms with Crippen LogP contribution in [0.5, 0.6) is 0 Å². The minimum atomic E-state index is -0.792. The predicted octanol–water partition coefficient (Wildman–Crippen LogP) is 4.92. The van der Waals surface area contributed by atoms with E-state index in [1.807, 2.05) is 65.3 Å². The van der Waals surface area contributed by atoms with E-state index in [-0.39, 0.29) is 6.42 Å². The Morgan fingerprint density at radius 2 is 1.86 bits per heavy atom. The highest BCUT2D eigenvalue weighted by Gasteiger charge is 2.10. The summed E-state index contributed by atoms with van der Waals surface area (Å²) in [7, 11) is 0. The molecule has 2 aromatic heterocycles. The minimum Gasteiger partial charge on any atom is -0.481 e. The highest BCUT2D eigenvalue weighted by atomic mass is 79.9. The zero-order chi connectivity index (χ0) is 19.5. The highest BCUT2D eigenvalue weighted by molar-refractivity contribution is 9.10. The monoisotopic (exact) mass is 436 g/mol. The van der Waals surface area contributed by atoms with E-state index >= 15 is 0 Å². The normalized spacial score (nSPS) is 10.9. The molecule has 0 radical (unpaired) electrons. The van der Waals surface area contributed by atoms with E-state index in [1.165, 1.54) is 0 Å². The number of carboxylic acid groups (broad SMARTS) is 1. The first-order valence-corrected chi connectivity index (χ1v) is 9.55. The van der Waals surface area contributed by atoms with Gasteiger partial charge in [-0.05, 0) is 36.2 Å². The summed E-state index contributed by atoms with van der Waals surface area (Å²) in [5.41, 5.74) is 4.40. The molecule has 0 aliphatic rings. The maximum Gasteiger partial charge on any atom is 0.303 e. The zero-order valence-electron chi connectivity index (χ0n) is 14.8. The number of aromatic nitrogens is 3. The number of carbonyl (C=O) groups is 1. The van der Waals surface area contributed by atoms with Crippen molar-refractivity contribution in [2.24, 2.45) is 0 Å². The fourth-order valence-corrected chi connectivity index (χ4v) is 3.18. The van der Waals surface area contributed by atoms with Gasteiger partial charge in [0.2, 0.25) is 0 Å². The van der Waals surface area contributed by atoms with Crippen molar-refractivity contribution in [1.82, 2.24) is 14.4 Å². The molecular weight excluding hydrogens is 420 g/mol. The fourth-order valence-electron chi connectivity index (χ4n) is 2.92. The predicted molar refractivity (Wildman–Crippen MR) is 112 cm³/mol. The minimum absolute atomic E-state index is 0.125. The number of fused-ring (bicyclic) bond motifs is 1. The number of rotatable bonds is 6. The number of hydrogen-bond donors (Lipinski definition) is 2. The SMILES string of the molecule is O=C(O)CCc1ccc(-c2cn3ccnc3c(Nc3ccc(Br)cc3)n2)cc1. The molecule has 140 valence electrons. The zero-order valence-corrected chi connectivity index (χ0v) is 16.4. The molecule has 7 heteroatoms. The van der Waals surface area contributed by atoms with Crippen LogP contribution in [0.25, 0.3) is 16.9 Å². The summed E-state index contributed by atoms with van der Waals surface area (Å²) in [5.74, 6) is -0.125. The number of carboxylic acids is 1. The van der Waals surface area contributed by atoms with Gasteiger partial charge < -0.3 is 14.8 Å². The van der Waals surface area contributed by atoms with E-state index in [4.69, 9.17) is 10.1 Å². The molecule has 4 rings (SSSR count). The van der Waals surface area contributed by atoms with E-state index in [1.54, 1.807) is 6.20 Å². The van der Waals surface area contributed by atoms with Crippen molar-refractivity contribution in [2.45, 2.75) is 12.8 Å². The van der Waals surface area contributed by atoms with E-state index < -0.39 is 5.97 Å². The average Bonchev–Trinajstić information content (AvgIpc) is 3.17. The third kappa shape index (κ3) is 4.04. The lowest BCUT2D eigenvalue weighted by Crippen LogP contribution is -2.00. The van der Waals surface area contributed by atoms with Gasteiger partial charge in [0, 0.05) is 40.7 Å². The lowest BCUT2D eigenvalue weighted by atomic mass is 10.1. The van der Waals surface area contributed by atoms with Crippen LogP contribution in [0.3, 0.4) is 0 Å². The molecule has 0 unspecified atom stereocenters. The van der Waals surface area contributed by atoms with Crippen molar-refractivity contribution >= 4 is 39.1 Å². The Kier molecular flexibility index (Phi) is 5.08. The van der Waals surface area contributed by atoms with Crippen LogP contribution in [-0.4, -0.2) is 25.4 Å². The standard InChI is InChI=1S/C21H17BrN4O2/c22-16-6-8-17(9-7-16)24-20-21-23-11-12-26(21)13-18(25-20)15-4-1-14(2-5-15)3-10-19(27)28/h1-2,4-9,11-13H,3,10H2,(H,24,25)(H,27,28). The number of halogens is 1. The first-order chi connectivity index (χ1) is 13.6. The summed E-state index contributed by atoms with van der Waals surface area (Å²) < 4.78 is 2.94. The maximum absolute atomic E-state index is 10.7. The number of aryl methyl sites for hydroxylation is 1. The van der Waals surface area contributed by atoms with Crippen LogP contribution in [-0.2, 0) is 11.2 Å². The molecule has 0 saturated heterocycles. The molecular formula is C21H17BrN4O2. The maximum atomic E-state index is 10.7. The van der Waals surface area contributed by atoms with Gasteiger partial charge in [-0.2, -0.15) is 0 Å². The summed E-state index contributed by atoms with van der Waals surface area (Å²) in [5, 5.41) is 12.2. The summed E-state index contributed by atoms with van der Waals surface area (Å²) in [6.45, 7) is 0. The fraction of sp³-hybridized carbons (Fsp3) is 0.0952. The van der Waals surface area contributed by atoms with Crippen LogP contribution in [0.4, 0.5) is 11.5 Å². The Morgan fingerprint density at radius 1 is 1.11 bits per heavy atom. The first kappa shape index (κ1) is 18.2. The molecule has 0 saturated carbocycles. The molecule has 6 nitrogen and oxygen atoms in total. The summed E-state index contributed by atoms with van der Waals surface area (Å²) in [6.07, 6.45) is 6.19. The molecule has 0 atom stereocenters. The van der Waals surface area contributed by atoms with Crippen molar-refractivity contribution in [3.8, 4) is 11.3 Å². The van der Waals surface area contributed by atoms with Gasteiger partial charge in [-0.15, -0.1) is 0 Å².